The van der Waals surface area contributed by atoms with Gasteiger partial charge >= 0.3 is 0 Å². The van der Waals surface area contributed by atoms with E-state index in [9.17, 15) is 15.2 Å². The van der Waals surface area contributed by atoms with Gasteiger partial charge in [0.1, 0.15) is 0 Å². The van der Waals surface area contributed by atoms with E-state index in [1.807, 2.05) is 60.7 Å². The average molecular weight is 479 g/mol. The molecule has 0 spiro atoms. The lowest BCUT2D eigenvalue weighted by Crippen LogP contribution is -2.16. The molecule has 0 saturated carbocycles. The highest BCUT2D eigenvalue weighted by Crippen LogP contribution is 2.41. The molecule has 0 saturated heterocycles. The van der Waals surface area contributed by atoms with Gasteiger partial charge in [-0.3, -0.25) is 10.1 Å². The molecule has 0 radical (unpaired) electrons. The summed E-state index contributed by atoms with van der Waals surface area (Å²) in [6.07, 6.45) is -1.01. The molecule has 7 heteroatoms. The molecule has 180 valence electrons. The van der Waals surface area contributed by atoms with Crippen LogP contribution in [0.15, 0.2) is 103 Å². The van der Waals surface area contributed by atoms with Crippen LogP contribution in [-0.2, 0) is 13.1 Å². The largest absolute Gasteiger partial charge is 0.369 e. The third kappa shape index (κ3) is 5.12. The molecule has 36 heavy (non-hydrogen) atoms. The van der Waals surface area contributed by atoms with Gasteiger partial charge in [0.15, 0.2) is 6.23 Å². The quantitative estimate of drug-likeness (QED) is 0.194. The third-order valence-corrected chi connectivity index (χ3v) is 6.13. The van der Waals surface area contributed by atoms with Crippen molar-refractivity contribution < 1.29 is 10.0 Å². The number of nitrogens with zero attached hydrogens (tertiary/aromatic N) is 1. The van der Waals surface area contributed by atoms with Gasteiger partial charge in [0.05, 0.1) is 10.6 Å². The molecule has 0 aliphatic carbocycles. The third-order valence-electron chi connectivity index (χ3n) is 6.13. The zero-order valence-electron chi connectivity index (χ0n) is 19.5. The van der Waals surface area contributed by atoms with Crippen molar-refractivity contribution in [3.63, 3.8) is 0 Å². The van der Waals surface area contributed by atoms with Crippen LogP contribution >= 0.6 is 0 Å². The van der Waals surface area contributed by atoms with Crippen molar-refractivity contribution in [3.05, 3.63) is 135 Å². The van der Waals surface area contributed by atoms with E-state index in [4.69, 9.17) is 0 Å². The number of hydrogen-bond donors (Lipinski definition) is 4. The molecule has 1 aliphatic rings. The van der Waals surface area contributed by atoms with Crippen molar-refractivity contribution in [1.82, 2.24) is 5.32 Å². The minimum atomic E-state index is -1.01. The zero-order valence-corrected chi connectivity index (χ0v) is 19.5. The highest BCUT2D eigenvalue weighted by Gasteiger charge is 2.30. The van der Waals surface area contributed by atoms with E-state index in [0.717, 1.165) is 29.9 Å². The number of hydrogen-bond acceptors (Lipinski definition) is 6. The molecule has 1 unspecified atom stereocenters. The first-order valence-corrected chi connectivity index (χ1v) is 11.7. The van der Waals surface area contributed by atoms with E-state index < -0.39 is 11.2 Å². The highest BCUT2D eigenvalue weighted by molar-refractivity contribution is 6.03. The van der Waals surface area contributed by atoms with Gasteiger partial charge in [-0.15, -0.1) is 0 Å². The number of anilines is 2. The Balaban J connectivity index is 1.42. The summed E-state index contributed by atoms with van der Waals surface area (Å²) in [7, 11) is 0. The summed E-state index contributed by atoms with van der Waals surface area (Å²) < 4.78 is 0. The van der Waals surface area contributed by atoms with Crippen molar-refractivity contribution >= 4 is 28.3 Å². The molecule has 0 amide bonds. The van der Waals surface area contributed by atoms with Gasteiger partial charge in [-0.2, -0.15) is 0 Å². The van der Waals surface area contributed by atoms with Crippen LogP contribution in [0.4, 0.5) is 17.1 Å². The minimum Gasteiger partial charge on any atom is -0.369 e. The topological polar surface area (TPSA) is 99.5 Å². The predicted octanol–water partition coefficient (Wildman–Crippen LogP) is 5.61. The molecule has 4 aromatic carbocycles. The lowest BCUT2D eigenvalue weighted by molar-refractivity contribution is -0.384. The maximum atomic E-state index is 11.4. The van der Waals surface area contributed by atoms with Crippen LogP contribution in [-0.4, -0.2) is 16.3 Å². The number of aliphatic hydroxyl groups excluding tert-OH is 1. The Labute approximate surface area is 209 Å². The summed E-state index contributed by atoms with van der Waals surface area (Å²) in [5, 5.41) is 32.2. The number of non-ortho nitro benzene ring substituents is 1. The van der Waals surface area contributed by atoms with E-state index >= 15 is 0 Å². The Morgan fingerprint density at radius 1 is 0.861 bits per heavy atom. The summed E-state index contributed by atoms with van der Waals surface area (Å²) in [5.74, 6) is 0. The molecule has 1 aliphatic heterocycles. The summed E-state index contributed by atoms with van der Waals surface area (Å²) in [5.41, 5.74) is 6.57. The van der Waals surface area contributed by atoms with Crippen molar-refractivity contribution in [2.24, 2.45) is 0 Å². The number of benzene rings is 4. The first-order chi connectivity index (χ1) is 17.6. The van der Waals surface area contributed by atoms with Gasteiger partial charge in [0.2, 0.25) is 0 Å². The van der Waals surface area contributed by atoms with Crippen LogP contribution in [0.25, 0.3) is 11.3 Å². The SMILES string of the molecule is O=[N+]([O-])c1ccc2c(c1)/C(=C(/Nc1ccc(CNCc3ccccc3)cc1)c1ccccc1)C(O)N2. The first kappa shape index (κ1) is 23.3. The van der Waals surface area contributed by atoms with Crippen LogP contribution in [0.3, 0.4) is 0 Å². The second-order valence-corrected chi connectivity index (χ2v) is 8.60. The monoisotopic (exact) mass is 478 g/mol. The second-order valence-electron chi connectivity index (χ2n) is 8.60. The van der Waals surface area contributed by atoms with Gasteiger partial charge in [0.25, 0.3) is 5.69 Å². The van der Waals surface area contributed by atoms with Gasteiger partial charge < -0.3 is 21.1 Å². The Bertz CT molecular complexity index is 1390. The summed E-state index contributed by atoms with van der Waals surface area (Å²) >= 11 is 0. The molecule has 0 fully saturated rings. The number of nitro groups is 1. The molecule has 1 heterocycles. The Hall–Kier alpha value is -4.46. The Morgan fingerprint density at radius 2 is 1.50 bits per heavy atom. The van der Waals surface area contributed by atoms with Crippen LogP contribution in [0.2, 0.25) is 0 Å². The van der Waals surface area contributed by atoms with E-state index in [1.54, 1.807) is 6.07 Å². The van der Waals surface area contributed by atoms with Gasteiger partial charge in [-0.05, 0) is 34.9 Å². The normalized spacial score (nSPS) is 15.6. The maximum Gasteiger partial charge on any atom is 0.270 e. The lowest BCUT2D eigenvalue weighted by atomic mass is 9.99. The van der Waals surface area contributed by atoms with E-state index in [-0.39, 0.29) is 5.69 Å². The van der Waals surface area contributed by atoms with Gasteiger partial charge in [-0.25, -0.2) is 0 Å². The molecule has 0 bridgehead atoms. The smallest absolute Gasteiger partial charge is 0.270 e. The second kappa shape index (κ2) is 10.4. The molecule has 0 aromatic heterocycles. The van der Waals surface area contributed by atoms with E-state index in [2.05, 4.69) is 40.2 Å². The molecule has 1 atom stereocenters. The fourth-order valence-electron chi connectivity index (χ4n) is 4.33. The number of fused-ring (bicyclic) bond motifs is 1. The van der Waals surface area contributed by atoms with Crippen LogP contribution < -0.4 is 16.0 Å². The Morgan fingerprint density at radius 3 is 2.17 bits per heavy atom. The zero-order chi connectivity index (χ0) is 24.9. The van der Waals surface area contributed by atoms with Crippen LogP contribution in [0.5, 0.6) is 0 Å². The maximum absolute atomic E-state index is 11.4. The van der Waals surface area contributed by atoms with Crippen LogP contribution in [0.1, 0.15) is 22.3 Å². The summed E-state index contributed by atoms with van der Waals surface area (Å²) in [6.45, 7) is 1.53. The van der Waals surface area contributed by atoms with E-state index in [1.165, 1.54) is 17.7 Å². The molecular formula is C29H26N4O3. The highest BCUT2D eigenvalue weighted by atomic mass is 16.6. The van der Waals surface area contributed by atoms with Gasteiger partial charge in [-0.1, -0.05) is 72.8 Å². The number of nitrogens with one attached hydrogen (secondary N) is 3. The minimum absolute atomic E-state index is 0.0260. The van der Waals surface area contributed by atoms with Crippen LogP contribution in [0, 0.1) is 10.1 Å². The summed E-state index contributed by atoms with van der Waals surface area (Å²) in [4.78, 5) is 11.0. The number of aliphatic hydroxyl groups is 1. The average Bonchev–Trinajstić information content (AvgIpc) is 3.24. The van der Waals surface area contributed by atoms with Crippen molar-refractivity contribution in [2.75, 3.05) is 10.6 Å². The molecular weight excluding hydrogens is 452 g/mol. The van der Waals surface area contributed by atoms with Crippen molar-refractivity contribution in [2.45, 2.75) is 19.3 Å². The summed E-state index contributed by atoms with van der Waals surface area (Å²) in [6, 6.07) is 32.6. The Kier molecular flexibility index (Phi) is 6.75. The number of rotatable bonds is 8. The number of nitro benzene ring substituents is 1. The fraction of sp³-hybridized carbons (Fsp3) is 0.103. The predicted molar refractivity (Wildman–Crippen MR) is 143 cm³/mol. The standard InChI is InChI=1S/C29H26N4O3/c34-29-27(25-17-24(33(35)36)15-16-26(25)32-29)28(22-9-5-2-6-10-22)31-23-13-11-21(12-14-23)19-30-18-20-7-3-1-4-8-20/h1-17,29-32,34H,18-19H2/b28-27-. The van der Waals surface area contributed by atoms with Crippen molar-refractivity contribution in [3.8, 4) is 0 Å². The molecule has 5 rings (SSSR count). The molecule has 7 nitrogen and oxygen atoms in total. The fourth-order valence-corrected chi connectivity index (χ4v) is 4.33. The lowest BCUT2D eigenvalue weighted by Gasteiger charge is -2.18. The van der Waals surface area contributed by atoms with Crippen molar-refractivity contribution in [1.29, 1.82) is 0 Å². The molecule has 4 aromatic rings. The molecule has 4 N–H and O–H groups in total. The van der Waals surface area contributed by atoms with E-state index in [0.29, 0.717) is 22.5 Å². The van der Waals surface area contributed by atoms with Gasteiger partial charge in [0, 0.05) is 47.7 Å². The first-order valence-electron chi connectivity index (χ1n) is 11.7.